The predicted octanol–water partition coefficient (Wildman–Crippen LogP) is 4.58. The minimum Gasteiger partial charge on any atom is -0.508 e. The van der Waals surface area contributed by atoms with Crippen molar-refractivity contribution in [3.63, 3.8) is 0 Å². The Morgan fingerprint density at radius 3 is 2.88 bits per heavy atom. The molecule has 0 aromatic heterocycles. The highest BCUT2D eigenvalue weighted by Gasteiger charge is 2.57. The van der Waals surface area contributed by atoms with Gasteiger partial charge < -0.3 is 10.2 Å². The Hall–Kier alpha value is -1.09. The topological polar surface area (TPSA) is 40.5 Å². The van der Waals surface area contributed by atoms with Crippen LogP contribution in [0.15, 0.2) is 18.2 Å². The second-order valence-electron chi connectivity index (χ2n) is 8.86. The molecular weight excluding hydrogens is 303 g/mol. The van der Waals surface area contributed by atoms with Crippen LogP contribution in [-0.2, 0) is 6.42 Å². The van der Waals surface area contributed by atoms with Crippen molar-refractivity contribution in [3.05, 3.63) is 29.3 Å². The molecule has 0 aliphatic heterocycles. The number of rotatable bonds is 2. The molecule has 0 saturated heterocycles. The molecule has 4 rings (SSSR count). The summed E-state index contributed by atoms with van der Waals surface area (Å²) in [6.07, 6.45) is 4.50. The molecule has 3 heteroatoms. The molecule has 0 radical (unpaired) electrons. The van der Waals surface area contributed by atoms with Crippen LogP contribution < -0.4 is 0 Å². The monoisotopic (exact) mass is 332 g/mol. The molecule has 2 nitrogen and oxygen atoms in total. The van der Waals surface area contributed by atoms with Crippen molar-refractivity contribution in [1.29, 1.82) is 0 Å². The van der Waals surface area contributed by atoms with E-state index in [0.717, 1.165) is 32.1 Å². The summed E-state index contributed by atoms with van der Waals surface area (Å²) in [5, 5.41) is 20.4. The van der Waals surface area contributed by atoms with Crippen molar-refractivity contribution >= 4 is 0 Å². The molecule has 7 atom stereocenters. The lowest BCUT2D eigenvalue weighted by atomic mass is 9.54. The molecule has 3 aliphatic carbocycles. The zero-order valence-corrected chi connectivity index (χ0v) is 14.7. The Morgan fingerprint density at radius 2 is 2.12 bits per heavy atom. The van der Waals surface area contributed by atoms with Crippen LogP contribution in [0.2, 0.25) is 0 Å². The van der Waals surface area contributed by atoms with Gasteiger partial charge >= 0.3 is 0 Å². The highest BCUT2D eigenvalue weighted by Crippen LogP contribution is 2.63. The van der Waals surface area contributed by atoms with Gasteiger partial charge in [-0.1, -0.05) is 13.0 Å². The van der Waals surface area contributed by atoms with E-state index >= 15 is 0 Å². The number of halogens is 1. The molecule has 0 heterocycles. The number of aryl methyl sites for hydroxylation is 1. The lowest BCUT2D eigenvalue weighted by Gasteiger charge is -2.50. The number of aliphatic hydroxyl groups excluding tert-OH is 1. The molecule has 3 aliphatic rings. The van der Waals surface area contributed by atoms with E-state index in [1.165, 1.54) is 11.1 Å². The number of hydrogen-bond acceptors (Lipinski definition) is 2. The van der Waals surface area contributed by atoms with Crippen molar-refractivity contribution in [2.24, 2.45) is 23.2 Å². The van der Waals surface area contributed by atoms with E-state index in [2.05, 4.69) is 13.0 Å². The lowest BCUT2D eigenvalue weighted by molar-refractivity contribution is 0.0188. The van der Waals surface area contributed by atoms with E-state index in [-0.39, 0.29) is 17.4 Å². The molecule has 0 spiro atoms. The first-order valence-corrected chi connectivity index (χ1v) is 9.53. The fourth-order valence-electron chi connectivity index (χ4n) is 6.51. The fraction of sp³-hybridized carbons (Fsp3) is 0.714. The van der Waals surface area contributed by atoms with Gasteiger partial charge in [-0.25, -0.2) is 4.39 Å². The average Bonchev–Trinajstić information content (AvgIpc) is 2.76. The summed E-state index contributed by atoms with van der Waals surface area (Å²) in [6.45, 7) is 3.95. The van der Waals surface area contributed by atoms with E-state index in [1.807, 2.05) is 6.07 Å². The molecule has 24 heavy (non-hydrogen) atoms. The minimum absolute atomic E-state index is 0.0986. The highest BCUT2D eigenvalue weighted by atomic mass is 19.1. The summed E-state index contributed by atoms with van der Waals surface area (Å²) in [4.78, 5) is 0. The molecule has 2 N–H and O–H groups in total. The van der Waals surface area contributed by atoms with Crippen LogP contribution in [0.5, 0.6) is 5.75 Å². The number of phenolic OH excluding ortho intramolecular Hbond substituents is 1. The molecule has 1 aromatic carbocycles. The molecule has 1 unspecified atom stereocenters. The van der Waals surface area contributed by atoms with Gasteiger partial charge in [0, 0.05) is 0 Å². The zero-order chi connectivity index (χ0) is 17.1. The van der Waals surface area contributed by atoms with E-state index in [1.54, 1.807) is 13.0 Å². The summed E-state index contributed by atoms with van der Waals surface area (Å²) >= 11 is 0. The van der Waals surface area contributed by atoms with E-state index in [9.17, 15) is 14.6 Å². The molecule has 1 aromatic rings. The van der Waals surface area contributed by atoms with Crippen LogP contribution in [0.4, 0.5) is 4.39 Å². The summed E-state index contributed by atoms with van der Waals surface area (Å²) < 4.78 is 13.8. The third-order valence-corrected chi connectivity index (χ3v) is 7.31. The van der Waals surface area contributed by atoms with Crippen molar-refractivity contribution in [3.8, 4) is 5.75 Å². The summed E-state index contributed by atoms with van der Waals surface area (Å²) in [5.74, 6) is 1.93. The largest absolute Gasteiger partial charge is 0.508 e. The van der Waals surface area contributed by atoms with Crippen LogP contribution in [0.3, 0.4) is 0 Å². The molecule has 2 saturated carbocycles. The van der Waals surface area contributed by atoms with Crippen molar-refractivity contribution < 1.29 is 14.6 Å². The van der Waals surface area contributed by atoms with Gasteiger partial charge in [-0.15, -0.1) is 0 Å². The fourth-order valence-corrected chi connectivity index (χ4v) is 6.51. The van der Waals surface area contributed by atoms with Gasteiger partial charge in [-0.3, -0.25) is 0 Å². The molecule has 0 amide bonds. The lowest BCUT2D eigenvalue weighted by Crippen LogP contribution is -2.42. The predicted molar refractivity (Wildman–Crippen MR) is 92.8 cm³/mol. The maximum absolute atomic E-state index is 13.8. The SMILES string of the molecule is CC(F)C[C@H]1[C@H]2[C@@H]3CCc4cc(O)ccc4[C@H]3CC[C@]2(C)C[C@@H]1O. The number of benzene rings is 1. The molecule has 0 bridgehead atoms. The van der Waals surface area contributed by atoms with E-state index < -0.39 is 6.17 Å². The highest BCUT2D eigenvalue weighted by molar-refractivity contribution is 5.40. The molecular formula is C21H29FO2. The van der Waals surface area contributed by atoms with Gasteiger partial charge in [-0.2, -0.15) is 0 Å². The average molecular weight is 332 g/mol. The first-order chi connectivity index (χ1) is 11.4. The van der Waals surface area contributed by atoms with Gasteiger partial charge in [0.25, 0.3) is 0 Å². The Bertz CT molecular complexity index is 628. The number of fused-ring (bicyclic) bond motifs is 5. The second kappa shape index (κ2) is 5.72. The molecule has 2 fully saturated rings. The smallest absolute Gasteiger partial charge is 0.115 e. The maximum Gasteiger partial charge on any atom is 0.115 e. The Balaban J connectivity index is 1.69. The van der Waals surface area contributed by atoms with Gasteiger partial charge in [0.2, 0.25) is 0 Å². The third kappa shape index (κ3) is 2.47. The van der Waals surface area contributed by atoms with Crippen LogP contribution in [0.1, 0.15) is 63.0 Å². The van der Waals surface area contributed by atoms with Gasteiger partial charge in [0.05, 0.1) is 12.3 Å². The first kappa shape index (κ1) is 16.4. The third-order valence-electron chi connectivity index (χ3n) is 7.31. The van der Waals surface area contributed by atoms with E-state index in [0.29, 0.717) is 29.9 Å². The number of aliphatic hydroxyl groups is 1. The standard InChI is InChI=1S/C21H29FO2/c1-12(22)9-18-19(24)11-21(2)8-7-16-15-6-4-14(23)10-13(15)3-5-17(16)20(18)21/h4,6,10,12,16-20,23-24H,3,5,7-9,11H2,1-2H3/t12?,16-,17-,18-,19+,20-,21-/m1/s1. The first-order valence-electron chi connectivity index (χ1n) is 9.53. The van der Waals surface area contributed by atoms with Gasteiger partial charge in [-0.05, 0) is 97.8 Å². The quantitative estimate of drug-likeness (QED) is 0.832. The van der Waals surface area contributed by atoms with Crippen LogP contribution in [0, 0.1) is 23.2 Å². The van der Waals surface area contributed by atoms with Crippen LogP contribution >= 0.6 is 0 Å². The van der Waals surface area contributed by atoms with Crippen molar-refractivity contribution in [1.82, 2.24) is 0 Å². The minimum atomic E-state index is -0.847. The number of alkyl halides is 1. The summed E-state index contributed by atoms with van der Waals surface area (Å²) in [5.41, 5.74) is 2.84. The van der Waals surface area contributed by atoms with Gasteiger partial charge in [0.1, 0.15) is 5.75 Å². The Kier molecular flexibility index (Phi) is 3.91. The number of aromatic hydroxyl groups is 1. The number of phenols is 1. The van der Waals surface area contributed by atoms with Crippen LogP contribution in [-0.4, -0.2) is 22.5 Å². The van der Waals surface area contributed by atoms with Crippen LogP contribution in [0.25, 0.3) is 0 Å². The Labute approximate surface area is 144 Å². The van der Waals surface area contributed by atoms with Crippen molar-refractivity contribution in [2.75, 3.05) is 0 Å². The summed E-state index contributed by atoms with van der Waals surface area (Å²) in [6, 6.07) is 5.83. The zero-order valence-electron chi connectivity index (χ0n) is 14.7. The maximum atomic E-state index is 13.8. The van der Waals surface area contributed by atoms with Crippen molar-refractivity contribution in [2.45, 2.75) is 70.6 Å². The summed E-state index contributed by atoms with van der Waals surface area (Å²) in [7, 11) is 0. The Morgan fingerprint density at radius 1 is 1.33 bits per heavy atom. The normalized spacial score (nSPS) is 42.1. The van der Waals surface area contributed by atoms with E-state index in [4.69, 9.17) is 0 Å². The second-order valence-corrected chi connectivity index (χ2v) is 8.86. The molecule has 132 valence electrons. The van der Waals surface area contributed by atoms with Gasteiger partial charge in [0.15, 0.2) is 0 Å². The number of hydrogen-bond donors (Lipinski definition) is 2.